The molecule has 8 heteroatoms. The molecule has 0 amide bonds. The van der Waals surface area contributed by atoms with Gasteiger partial charge in [0.15, 0.2) is 0 Å². The summed E-state index contributed by atoms with van der Waals surface area (Å²) < 4.78 is 0.708. The van der Waals surface area contributed by atoms with Crippen molar-refractivity contribution in [1.82, 2.24) is 24.9 Å². The number of hydrogen-bond donors (Lipinski definition) is 3. The molecule has 124 valence electrons. The van der Waals surface area contributed by atoms with Gasteiger partial charge >= 0.3 is 0 Å². The minimum Gasteiger partial charge on any atom is -0.355 e. The smallest absolute Gasteiger partial charge is 0.201 e. The predicted octanol–water partition coefficient (Wildman–Crippen LogP) is 3.19. The summed E-state index contributed by atoms with van der Waals surface area (Å²) in [5, 5.41) is 3.26. The summed E-state index contributed by atoms with van der Waals surface area (Å²) >= 11 is 7.23. The zero-order chi connectivity index (χ0) is 16.6. The third-order valence-electron chi connectivity index (χ3n) is 3.32. The van der Waals surface area contributed by atoms with Crippen molar-refractivity contribution in [2.75, 3.05) is 17.6 Å². The van der Waals surface area contributed by atoms with E-state index in [0.717, 1.165) is 41.4 Å². The van der Waals surface area contributed by atoms with E-state index in [9.17, 15) is 0 Å². The molecule has 3 aromatic heterocycles. The Morgan fingerprint density at radius 2 is 2.17 bits per heavy atom. The number of aromatic nitrogens is 5. The van der Waals surface area contributed by atoms with Gasteiger partial charge in [0.05, 0.1) is 5.75 Å². The molecule has 0 spiro atoms. The van der Waals surface area contributed by atoms with Gasteiger partial charge in [-0.1, -0.05) is 18.3 Å². The Balaban J connectivity index is 1.47. The summed E-state index contributed by atoms with van der Waals surface area (Å²) in [5.41, 5.74) is 2.12. The second-order valence-electron chi connectivity index (χ2n) is 5.14. The molecule has 0 aliphatic heterocycles. The first-order valence-corrected chi connectivity index (χ1v) is 9.14. The van der Waals surface area contributed by atoms with Crippen LogP contribution in [0.3, 0.4) is 0 Å². The van der Waals surface area contributed by atoms with Crippen LogP contribution in [0.5, 0.6) is 0 Å². The lowest BCUT2D eigenvalue weighted by molar-refractivity contribution is 1.02. The Labute approximate surface area is 149 Å². The number of thioether (sulfide) groups is 1. The van der Waals surface area contributed by atoms with Crippen LogP contribution in [0.25, 0.3) is 0 Å². The Bertz CT molecular complexity index is 801. The quantitative estimate of drug-likeness (QED) is 0.424. The number of nitrogens with one attached hydrogen (secondary N) is 3. The van der Waals surface area contributed by atoms with Gasteiger partial charge in [-0.25, -0.2) is 9.97 Å². The van der Waals surface area contributed by atoms with E-state index in [4.69, 9.17) is 12.2 Å². The molecule has 0 atom stereocenters. The van der Waals surface area contributed by atoms with Crippen molar-refractivity contribution in [2.24, 2.45) is 0 Å². The van der Waals surface area contributed by atoms with Crippen molar-refractivity contribution in [2.45, 2.75) is 12.2 Å². The summed E-state index contributed by atoms with van der Waals surface area (Å²) in [6.07, 6.45) is 9.77. The molecule has 0 saturated heterocycles. The van der Waals surface area contributed by atoms with Crippen LogP contribution in [0.1, 0.15) is 17.0 Å². The fourth-order valence-corrected chi connectivity index (χ4v) is 3.11. The summed E-state index contributed by atoms with van der Waals surface area (Å²) in [6.45, 7) is 0.811. The van der Waals surface area contributed by atoms with Crippen molar-refractivity contribution < 1.29 is 0 Å². The lowest BCUT2D eigenvalue weighted by Crippen LogP contribution is -2.08. The highest BCUT2D eigenvalue weighted by atomic mass is 32.2. The molecule has 6 nitrogen and oxygen atoms in total. The summed E-state index contributed by atoms with van der Waals surface area (Å²) in [5.74, 6) is 3.54. The summed E-state index contributed by atoms with van der Waals surface area (Å²) in [6, 6.07) is 3.95. The Morgan fingerprint density at radius 3 is 2.92 bits per heavy atom. The average molecular weight is 358 g/mol. The molecule has 0 aromatic carbocycles. The minimum absolute atomic E-state index is 0.702. The normalized spacial score (nSPS) is 10.7. The molecule has 3 aromatic rings. The zero-order valence-electron chi connectivity index (χ0n) is 13.0. The van der Waals surface area contributed by atoms with Crippen LogP contribution in [0.2, 0.25) is 0 Å². The van der Waals surface area contributed by atoms with E-state index >= 15 is 0 Å². The third kappa shape index (κ3) is 4.90. The van der Waals surface area contributed by atoms with Crippen LogP contribution in [0.4, 0.5) is 5.95 Å². The summed E-state index contributed by atoms with van der Waals surface area (Å²) in [7, 11) is 0. The standard InChI is InChI=1S/C16H18N6S2/c23-15-13(8-12-2-1-3-17-9-12)10-21-16(22-15)20-6-7-24-11-14-18-4-5-19-14/h1-5,9-10H,6-8,11H2,(H,18,19)(H2,20,21,22,23). The molecular formula is C16H18N6S2. The topological polar surface area (TPSA) is 82.3 Å². The molecule has 3 heterocycles. The van der Waals surface area contributed by atoms with Gasteiger partial charge in [-0.3, -0.25) is 4.98 Å². The van der Waals surface area contributed by atoms with E-state index in [0.29, 0.717) is 10.6 Å². The van der Waals surface area contributed by atoms with E-state index < -0.39 is 0 Å². The highest BCUT2D eigenvalue weighted by Gasteiger charge is 2.02. The molecule has 0 bridgehead atoms. The number of nitrogens with zero attached hydrogens (tertiary/aromatic N) is 3. The van der Waals surface area contributed by atoms with Crippen LogP contribution in [0, 0.1) is 4.64 Å². The Kier molecular flexibility index (Phi) is 5.97. The van der Waals surface area contributed by atoms with E-state index in [1.807, 2.05) is 42.5 Å². The Hall–Kier alpha value is -2.19. The molecule has 0 fully saturated rings. The van der Waals surface area contributed by atoms with Gasteiger partial charge in [-0.05, 0) is 11.6 Å². The molecule has 0 saturated carbocycles. The van der Waals surface area contributed by atoms with Crippen LogP contribution in [0.15, 0.2) is 43.1 Å². The maximum Gasteiger partial charge on any atom is 0.201 e. The molecule has 0 unspecified atom stereocenters. The van der Waals surface area contributed by atoms with Crippen molar-refractivity contribution in [3.05, 3.63) is 64.7 Å². The Morgan fingerprint density at radius 1 is 1.21 bits per heavy atom. The molecule has 24 heavy (non-hydrogen) atoms. The SMILES string of the molecule is S=c1[nH]c(NCCSCc2ncc[nH]2)ncc1Cc1cccnc1. The van der Waals surface area contributed by atoms with Crippen LogP contribution >= 0.6 is 24.0 Å². The fourth-order valence-electron chi connectivity index (χ4n) is 2.15. The van der Waals surface area contributed by atoms with Crippen molar-refractivity contribution in [3.63, 3.8) is 0 Å². The third-order valence-corrected chi connectivity index (χ3v) is 4.66. The zero-order valence-corrected chi connectivity index (χ0v) is 14.7. The molecule has 0 radical (unpaired) electrons. The number of anilines is 1. The van der Waals surface area contributed by atoms with E-state index in [-0.39, 0.29) is 0 Å². The first-order chi connectivity index (χ1) is 11.8. The summed E-state index contributed by atoms with van der Waals surface area (Å²) in [4.78, 5) is 18.9. The molecule has 3 N–H and O–H groups in total. The second-order valence-corrected chi connectivity index (χ2v) is 6.65. The fraction of sp³-hybridized carbons (Fsp3) is 0.250. The molecular weight excluding hydrogens is 340 g/mol. The minimum atomic E-state index is 0.702. The van der Waals surface area contributed by atoms with Gasteiger partial charge in [-0.15, -0.1) is 0 Å². The number of rotatable bonds is 8. The van der Waals surface area contributed by atoms with Gasteiger partial charge in [0.2, 0.25) is 5.95 Å². The van der Waals surface area contributed by atoms with Crippen molar-refractivity contribution in [3.8, 4) is 0 Å². The number of aromatic amines is 2. The predicted molar refractivity (Wildman–Crippen MR) is 99.7 cm³/mol. The van der Waals surface area contributed by atoms with Gasteiger partial charge in [0.1, 0.15) is 10.5 Å². The molecule has 0 aliphatic rings. The second kappa shape index (κ2) is 8.60. The molecule has 3 rings (SSSR count). The first-order valence-electron chi connectivity index (χ1n) is 7.58. The first kappa shape index (κ1) is 16.7. The highest BCUT2D eigenvalue weighted by Crippen LogP contribution is 2.11. The lowest BCUT2D eigenvalue weighted by Gasteiger charge is -2.07. The van der Waals surface area contributed by atoms with Crippen LogP contribution < -0.4 is 5.32 Å². The number of hydrogen-bond acceptors (Lipinski definition) is 6. The largest absolute Gasteiger partial charge is 0.355 e. The lowest BCUT2D eigenvalue weighted by atomic mass is 10.1. The number of pyridine rings is 1. The van der Waals surface area contributed by atoms with Crippen molar-refractivity contribution >= 4 is 29.9 Å². The maximum atomic E-state index is 5.42. The van der Waals surface area contributed by atoms with E-state index in [2.05, 4.69) is 30.2 Å². The average Bonchev–Trinajstić information content (AvgIpc) is 3.11. The van der Waals surface area contributed by atoms with Gasteiger partial charge in [0.25, 0.3) is 0 Å². The van der Waals surface area contributed by atoms with Gasteiger partial charge in [0, 0.05) is 55.3 Å². The highest BCUT2D eigenvalue weighted by molar-refractivity contribution is 7.98. The monoisotopic (exact) mass is 358 g/mol. The van der Waals surface area contributed by atoms with Crippen molar-refractivity contribution in [1.29, 1.82) is 0 Å². The van der Waals surface area contributed by atoms with Crippen LogP contribution in [-0.4, -0.2) is 37.2 Å². The van der Waals surface area contributed by atoms with Gasteiger partial charge in [-0.2, -0.15) is 11.8 Å². The maximum absolute atomic E-state index is 5.42. The number of imidazole rings is 1. The molecule has 0 aliphatic carbocycles. The van der Waals surface area contributed by atoms with Gasteiger partial charge < -0.3 is 15.3 Å². The van der Waals surface area contributed by atoms with E-state index in [1.165, 1.54) is 0 Å². The van der Waals surface area contributed by atoms with Crippen LogP contribution in [-0.2, 0) is 12.2 Å². The van der Waals surface area contributed by atoms with E-state index in [1.54, 1.807) is 12.4 Å². The number of H-pyrrole nitrogens is 2.